The second-order valence-electron chi connectivity index (χ2n) is 1.36. The van der Waals surface area contributed by atoms with Gasteiger partial charge >= 0.3 is 0 Å². The van der Waals surface area contributed by atoms with Crippen molar-refractivity contribution in [2.45, 2.75) is 13.5 Å². The first kappa shape index (κ1) is 6.70. The lowest BCUT2D eigenvalue weighted by molar-refractivity contribution is 1.74. The summed E-state index contributed by atoms with van der Waals surface area (Å²) in [5.41, 5.74) is 2.26. The van der Waals surface area contributed by atoms with Crippen molar-refractivity contribution in [2.75, 3.05) is 0 Å². The summed E-state index contributed by atoms with van der Waals surface area (Å²) in [6.45, 7) is 4.29. The van der Waals surface area contributed by atoms with Crippen LogP contribution in [-0.4, -0.2) is 9.52 Å². The molecule has 0 saturated carbocycles. The van der Waals surface area contributed by atoms with Gasteiger partial charge in [-0.05, 0) is 6.92 Å². The summed E-state index contributed by atoms with van der Waals surface area (Å²) in [4.78, 5) is 0. The molecule has 0 heterocycles. The molecular weight excluding hydrogens is 100 g/mol. The fourth-order valence-corrected chi connectivity index (χ4v) is 0.755. The molecule has 0 amide bonds. The van der Waals surface area contributed by atoms with Crippen molar-refractivity contribution < 1.29 is 0 Å². The van der Waals surface area contributed by atoms with Crippen molar-refractivity contribution in [3.8, 4) is 0 Å². The van der Waals surface area contributed by atoms with Gasteiger partial charge in [0.1, 0.15) is 0 Å². The molecule has 0 fully saturated rings. The highest BCUT2D eigenvalue weighted by Gasteiger charge is 1.59. The van der Waals surface area contributed by atoms with Gasteiger partial charge in [-0.1, -0.05) is 24.8 Å². The lowest BCUT2D eigenvalue weighted by atomic mass is 10.5. The Morgan fingerprint density at radius 1 is 1.29 bits per heavy atom. The maximum Gasteiger partial charge on any atom is 0.0423 e. The largest absolute Gasteiger partial charge is 0.102 e. The van der Waals surface area contributed by atoms with E-state index in [2.05, 4.69) is 24.4 Å². The molecule has 0 radical (unpaired) electrons. The van der Waals surface area contributed by atoms with E-state index in [9.17, 15) is 0 Å². The third-order valence-electron chi connectivity index (χ3n) is 0.675. The van der Waals surface area contributed by atoms with Crippen LogP contribution in [0.1, 0.15) is 6.92 Å². The summed E-state index contributed by atoms with van der Waals surface area (Å²) in [7, 11) is 0.162. The summed E-state index contributed by atoms with van der Waals surface area (Å²) in [6, 6.07) is 0. The third kappa shape index (κ3) is 5.70. The topological polar surface area (TPSA) is 0 Å². The molecule has 0 aliphatic carbocycles. The SMILES string of the molecule is CC=CC=C[SiH2]C. The van der Waals surface area contributed by atoms with Crippen LogP contribution in [0.5, 0.6) is 0 Å². The van der Waals surface area contributed by atoms with Crippen LogP contribution in [0.25, 0.3) is 0 Å². The molecule has 0 bridgehead atoms. The zero-order valence-corrected chi connectivity index (χ0v) is 6.43. The Labute approximate surface area is 47.8 Å². The lowest BCUT2D eigenvalue weighted by Gasteiger charge is -1.69. The Morgan fingerprint density at radius 2 is 2.00 bits per heavy atom. The van der Waals surface area contributed by atoms with Gasteiger partial charge in [0.25, 0.3) is 0 Å². The van der Waals surface area contributed by atoms with Gasteiger partial charge in [-0.3, -0.25) is 0 Å². The van der Waals surface area contributed by atoms with Crippen LogP contribution in [0.4, 0.5) is 0 Å². The molecule has 40 valence electrons. The van der Waals surface area contributed by atoms with Crippen molar-refractivity contribution in [3.05, 3.63) is 23.9 Å². The smallest absolute Gasteiger partial charge is 0.0423 e. The average molecular weight is 112 g/mol. The molecule has 0 atom stereocenters. The second kappa shape index (κ2) is 5.70. The van der Waals surface area contributed by atoms with Crippen LogP contribution in [-0.2, 0) is 0 Å². The first-order chi connectivity index (χ1) is 3.41. The minimum absolute atomic E-state index is 0.162. The third-order valence-corrected chi connectivity index (χ3v) is 1.42. The van der Waals surface area contributed by atoms with Crippen LogP contribution in [0, 0.1) is 0 Å². The van der Waals surface area contributed by atoms with Gasteiger partial charge in [0.2, 0.25) is 0 Å². The zero-order valence-electron chi connectivity index (χ0n) is 5.02. The summed E-state index contributed by atoms with van der Waals surface area (Å²) >= 11 is 0. The van der Waals surface area contributed by atoms with Gasteiger partial charge in [0, 0.05) is 9.52 Å². The van der Waals surface area contributed by atoms with Crippen LogP contribution in [0.3, 0.4) is 0 Å². The number of hydrogen-bond acceptors (Lipinski definition) is 0. The van der Waals surface area contributed by atoms with Crippen molar-refractivity contribution >= 4 is 9.52 Å². The molecule has 0 spiro atoms. The Kier molecular flexibility index (Phi) is 5.45. The van der Waals surface area contributed by atoms with E-state index < -0.39 is 0 Å². The number of hydrogen-bond donors (Lipinski definition) is 0. The molecule has 0 saturated heterocycles. The monoisotopic (exact) mass is 112 g/mol. The van der Waals surface area contributed by atoms with Crippen molar-refractivity contribution in [2.24, 2.45) is 0 Å². The van der Waals surface area contributed by atoms with E-state index in [4.69, 9.17) is 0 Å². The molecule has 0 unspecified atom stereocenters. The molecule has 1 heteroatoms. The van der Waals surface area contributed by atoms with Crippen molar-refractivity contribution in [3.63, 3.8) is 0 Å². The Balaban J connectivity index is 3.09. The Morgan fingerprint density at radius 3 is 2.43 bits per heavy atom. The van der Waals surface area contributed by atoms with Crippen LogP contribution < -0.4 is 0 Å². The van der Waals surface area contributed by atoms with E-state index in [1.807, 2.05) is 13.0 Å². The zero-order chi connectivity index (χ0) is 5.54. The van der Waals surface area contributed by atoms with Crippen molar-refractivity contribution in [1.29, 1.82) is 0 Å². The first-order valence-electron chi connectivity index (χ1n) is 2.69. The predicted molar refractivity (Wildman–Crippen MR) is 38.4 cm³/mol. The van der Waals surface area contributed by atoms with E-state index in [1.165, 1.54) is 0 Å². The fraction of sp³-hybridized carbons (Fsp3) is 0.333. The quantitative estimate of drug-likeness (QED) is 0.373. The van der Waals surface area contributed by atoms with Gasteiger partial charge in [-0.2, -0.15) is 0 Å². The van der Waals surface area contributed by atoms with E-state index in [0.29, 0.717) is 0 Å². The lowest BCUT2D eigenvalue weighted by Crippen LogP contribution is -1.65. The molecule has 0 rings (SSSR count). The normalized spacial score (nSPS) is 13.4. The van der Waals surface area contributed by atoms with Crippen LogP contribution >= 0.6 is 0 Å². The summed E-state index contributed by atoms with van der Waals surface area (Å²) in [5, 5.41) is 0. The van der Waals surface area contributed by atoms with Gasteiger partial charge in [-0.25, -0.2) is 0 Å². The molecule has 0 aliphatic heterocycles. The molecule has 0 nitrogen and oxygen atoms in total. The molecule has 0 aromatic heterocycles. The van der Waals surface area contributed by atoms with E-state index >= 15 is 0 Å². The van der Waals surface area contributed by atoms with Crippen LogP contribution in [0.2, 0.25) is 6.55 Å². The summed E-state index contributed by atoms with van der Waals surface area (Å²) < 4.78 is 0. The van der Waals surface area contributed by atoms with Gasteiger partial charge in [0.05, 0.1) is 0 Å². The fourth-order valence-electron chi connectivity index (χ4n) is 0.326. The molecule has 0 aliphatic rings. The Bertz CT molecular complexity index is 72.2. The minimum atomic E-state index is 0.162. The maximum absolute atomic E-state index is 2.26. The number of rotatable bonds is 2. The first-order valence-corrected chi connectivity index (χ1v) is 4.92. The highest BCUT2D eigenvalue weighted by Crippen LogP contribution is 1.72. The van der Waals surface area contributed by atoms with Gasteiger partial charge in [-0.15, -0.1) is 5.70 Å². The standard InChI is InChI=1S/C6H12Si/c1-3-4-5-6-7-2/h3-6H,7H2,1-2H3. The summed E-state index contributed by atoms with van der Waals surface area (Å²) in [5.74, 6) is 0. The van der Waals surface area contributed by atoms with Crippen LogP contribution in [0.15, 0.2) is 23.9 Å². The van der Waals surface area contributed by atoms with E-state index in [1.54, 1.807) is 0 Å². The molecule has 0 N–H and O–H groups in total. The van der Waals surface area contributed by atoms with Gasteiger partial charge in [0.15, 0.2) is 0 Å². The average Bonchev–Trinajstić information content (AvgIpc) is 1.69. The van der Waals surface area contributed by atoms with E-state index in [-0.39, 0.29) is 9.52 Å². The highest BCUT2D eigenvalue weighted by molar-refractivity contribution is 6.40. The minimum Gasteiger partial charge on any atom is -0.102 e. The number of allylic oxidation sites excluding steroid dienone is 3. The highest BCUT2D eigenvalue weighted by atomic mass is 28.2. The molecule has 0 aromatic rings. The Hall–Kier alpha value is -0.303. The molecule has 0 aromatic carbocycles. The molecular formula is C6H12Si. The van der Waals surface area contributed by atoms with E-state index in [0.717, 1.165) is 0 Å². The molecule has 7 heavy (non-hydrogen) atoms. The maximum atomic E-state index is 2.26. The summed E-state index contributed by atoms with van der Waals surface area (Å²) in [6.07, 6.45) is 6.23. The second-order valence-corrected chi connectivity index (χ2v) is 2.65. The van der Waals surface area contributed by atoms with Crippen molar-refractivity contribution in [1.82, 2.24) is 0 Å². The van der Waals surface area contributed by atoms with Gasteiger partial charge < -0.3 is 0 Å². The predicted octanol–water partition coefficient (Wildman–Crippen LogP) is 1.29.